The number of carbonyl (C=O) groups is 5. The zero-order chi connectivity index (χ0) is 20.7. The second-order valence-electron chi connectivity index (χ2n) is 5.19. The minimum Gasteiger partial charge on any atom is -0.458 e. The Morgan fingerprint density at radius 2 is 1.78 bits per heavy atom. The molecule has 2 unspecified atom stereocenters. The van der Waals surface area contributed by atoms with Gasteiger partial charge in [-0.05, 0) is 19.8 Å². The second-order valence-corrected chi connectivity index (χ2v) is 5.19. The van der Waals surface area contributed by atoms with Gasteiger partial charge in [0.25, 0.3) is 0 Å². The second kappa shape index (κ2) is 14.2. The molecule has 4 N–H and O–H groups in total. The molecule has 0 saturated carbocycles. The third-order valence-corrected chi connectivity index (χ3v) is 2.96. The van der Waals surface area contributed by atoms with E-state index in [-0.39, 0.29) is 6.42 Å². The van der Waals surface area contributed by atoms with Crippen molar-refractivity contribution in [3.05, 3.63) is 12.2 Å². The van der Waals surface area contributed by atoms with Gasteiger partial charge in [-0.2, -0.15) is 0 Å². The van der Waals surface area contributed by atoms with E-state index in [1.807, 2.05) is 13.0 Å². The lowest BCUT2D eigenvalue weighted by molar-refractivity contribution is -0.159. The van der Waals surface area contributed by atoms with Crippen LogP contribution in [0.1, 0.15) is 32.6 Å². The molecular weight excluding hydrogens is 364 g/mol. The Hall–Kier alpha value is -2.95. The Balaban J connectivity index is 4.22. The van der Waals surface area contributed by atoms with Gasteiger partial charge in [-0.15, -0.1) is 0 Å². The lowest BCUT2D eigenvalue weighted by Gasteiger charge is -2.16. The van der Waals surface area contributed by atoms with Crippen molar-refractivity contribution < 1.29 is 42.9 Å². The number of nitrogens with two attached hydrogens (primary N) is 2. The molecule has 27 heavy (non-hydrogen) atoms. The van der Waals surface area contributed by atoms with E-state index in [0.29, 0.717) is 19.1 Å². The maximum Gasteiger partial charge on any atom is 0.511 e. The van der Waals surface area contributed by atoms with E-state index in [0.717, 1.165) is 0 Å². The summed E-state index contributed by atoms with van der Waals surface area (Å²) >= 11 is 0. The number of esters is 2. The molecule has 0 aromatic heterocycles. The van der Waals surface area contributed by atoms with Crippen LogP contribution in [-0.2, 0) is 38.1 Å². The first-order chi connectivity index (χ1) is 12.8. The molecular formula is C16H24N2O9. The largest absolute Gasteiger partial charge is 0.511 e. The molecule has 0 rings (SSSR count). The lowest BCUT2D eigenvalue weighted by Crippen LogP contribution is -2.36. The summed E-state index contributed by atoms with van der Waals surface area (Å²) in [6.07, 6.45) is 2.28. The molecule has 0 aliphatic heterocycles. The number of hydrogen-bond donors (Lipinski definition) is 2. The molecule has 11 heteroatoms. The van der Waals surface area contributed by atoms with Gasteiger partial charge in [-0.1, -0.05) is 12.2 Å². The van der Waals surface area contributed by atoms with Crippen LogP contribution < -0.4 is 11.5 Å². The topological polar surface area (TPSA) is 174 Å². The maximum absolute atomic E-state index is 11.6. The van der Waals surface area contributed by atoms with Crippen molar-refractivity contribution in [2.45, 2.75) is 44.8 Å². The first-order valence-corrected chi connectivity index (χ1v) is 8.04. The number of aldehydes is 1. The molecule has 0 radical (unpaired) electrons. The Morgan fingerprint density at radius 1 is 1.07 bits per heavy atom. The Bertz CT molecular complexity index is 548. The van der Waals surface area contributed by atoms with Crippen LogP contribution >= 0.6 is 0 Å². The molecule has 0 spiro atoms. The molecule has 0 aromatic carbocycles. The number of ether oxygens (including phenoxy) is 4. The van der Waals surface area contributed by atoms with Gasteiger partial charge in [-0.3, -0.25) is 19.2 Å². The molecule has 0 aliphatic rings. The van der Waals surface area contributed by atoms with E-state index in [4.69, 9.17) is 16.2 Å². The smallest absolute Gasteiger partial charge is 0.458 e. The molecule has 0 fully saturated rings. The number of allylic oxidation sites excluding steroid dienone is 2. The fourth-order valence-electron chi connectivity index (χ4n) is 1.74. The Morgan fingerprint density at radius 3 is 2.37 bits per heavy atom. The van der Waals surface area contributed by atoms with Crippen molar-refractivity contribution in [2.75, 3.05) is 13.4 Å². The predicted molar refractivity (Wildman–Crippen MR) is 89.8 cm³/mol. The number of primary amides is 1. The van der Waals surface area contributed by atoms with Gasteiger partial charge in [0.05, 0.1) is 12.8 Å². The van der Waals surface area contributed by atoms with Gasteiger partial charge in [-0.25, -0.2) is 4.79 Å². The average Bonchev–Trinajstić information content (AvgIpc) is 2.59. The summed E-state index contributed by atoms with van der Waals surface area (Å²) in [5.41, 5.74) is 10.5. The molecule has 0 aromatic rings. The van der Waals surface area contributed by atoms with E-state index in [1.54, 1.807) is 6.08 Å². The molecule has 0 aliphatic carbocycles. The van der Waals surface area contributed by atoms with Crippen LogP contribution in [0.3, 0.4) is 0 Å². The lowest BCUT2D eigenvalue weighted by atomic mass is 10.1. The fourth-order valence-corrected chi connectivity index (χ4v) is 1.74. The van der Waals surface area contributed by atoms with E-state index < -0.39 is 56.0 Å². The van der Waals surface area contributed by atoms with Crippen molar-refractivity contribution in [3.63, 3.8) is 0 Å². The van der Waals surface area contributed by atoms with Crippen LogP contribution in [0.15, 0.2) is 12.2 Å². The van der Waals surface area contributed by atoms with Crippen LogP contribution in [0.2, 0.25) is 0 Å². The molecule has 0 bridgehead atoms. The van der Waals surface area contributed by atoms with Gasteiger partial charge in [0.1, 0.15) is 18.8 Å². The van der Waals surface area contributed by atoms with Crippen LogP contribution in [0, 0.1) is 0 Å². The molecule has 152 valence electrons. The monoisotopic (exact) mass is 388 g/mol. The van der Waals surface area contributed by atoms with Crippen LogP contribution in [0.25, 0.3) is 0 Å². The first-order valence-electron chi connectivity index (χ1n) is 8.04. The van der Waals surface area contributed by atoms with E-state index in [1.165, 1.54) is 0 Å². The summed E-state index contributed by atoms with van der Waals surface area (Å²) in [5.74, 6) is -2.53. The minimum absolute atomic E-state index is 0.180. The molecule has 0 heterocycles. The number of amides is 1. The highest BCUT2D eigenvalue weighted by atomic mass is 16.8. The van der Waals surface area contributed by atoms with Gasteiger partial charge < -0.3 is 30.4 Å². The zero-order valence-electron chi connectivity index (χ0n) is 15.0. The average molecular weight is 388 g/mol. The van der Waals surface area contributed by atoms with Crippen LogP contribution in [0.4, 0.5) is 4.79 Å². The van der Waals surface area contributed by atoms with Crippen LogP contribution in [-0.4, -0.2) is 55.8 Å². The normalized spacial score (nSPS) is 12.7. The van der Waals surface area contributed by atoms with Crippen molar-refractivity contribution in [1.29, 1.82) is 0 Å². The summed E-state index contributed by atoms with van der Waals surface area (Å²) in [6, 6.07) is -1.35. The van der Waals surface area contributed by atoms with Gasteiger partial charge in [0.15, 0.2) is 6.29 Å². The quantitative estimate of drug-likeness (QED) is 0.140. The summed E-state index contributed by atoms with van der Waals surface area (Å²) < 4.78 is 18.5. The fraction of sp³-hybridized carbons (Fsp3) is 0.562. The van der Waals surface area contributed by atoms with Crippen molar-refractivity contribution in [1.82, 2.24) is 0 Å². The van der Waals surface area contributed by atoms with E-state index >= 15 is 0 Å². The Labute approximate surface area is 155 Å². The number of rotatable bonds is 13. The van der Waals surface area contributed by atoms with Crippen molar-refractivity contribution in [2.24, 2.45) is 11.5 Å². The highest BCUT2D eigenvalue weighted by molar-refractivity contribution is 5.82. The van der Waals surface area contributed by atoms with Gasteiger partial charge in [0, 0.05) is 0 Å². The summed E-state index contributed by atoms with van der Waals surface area (Å²) in [4.78, 5) is 55.4. The predicted octanol–water partition coefficient (Wildman–Crippen LogP) is -0.300. The number of hydrogen-bond acceptors (Lipinski definition) is 10. The first kappa shape index (κ1) is 24.1. The maximum atomic E-state index is 11.6. The van der Waals surface area contributed by atoms with Gasteiger partial charge >= 0.3 is 18.1 Å². The van der Waals surface area contributed by atoms with Crippen molar-refractivity contribution in [3.8, 4) is 0 Å². The zero-order valence-corrected chi connectivity index (χ0v) is 15.0. The molecule has 1 amide bonds. The standard InChI is InChI=1S/C16H24N2O9/c1-2-3-4-5-11(8-13(18)20)27-16(23)26-10-25-15(22)12(17)9-14(21)24-7-6-19/h2-3,6,11-12H,4-5,7-10,17H2,1H3,(H2,18,20). The van der Waals surface area contributed by atoms with Gasteiger partial charge in [0.2, 0.25) is 12.7 Å². The summed E-state index contributed by atoms with van der Waals surface area (Å²) in [7, 11) is 0. The minimum atomic E-state index is -1.35. The third-order valence-electron chi connectivity index (χ3n) is 2.96. The van der Waals surface area contributed by atoms with E-state index in [9.17, 15) is 24.0 Å². The third kappa shape index (κ3) is 13.0. The number of carbonyl (C=O) groups excluding carboxylic acids is 5. The van der Waals surface area contributed by atoms with E-state index in [2.05, 4.69) is 14.2 Å². The van der Waals surface area contributed by atoms with Crippen LogP contribution in [0.5, 0.6) is 0 Å². The molecule has 2 atom stereocenters. The SMILES string of the molecule is CC=CCCC(CC(N)=O)OC(=O)OCOC(=O)C(N)CC(=O)OCC=O. The summed E-state index contributed by atoms with van der Waals surface area (Å²) in [5, 5.41) is 0. The molecule has 0 saturated heterocycles. The summed E-state index contributed by atoms with van der Waals surface area (Å²) in [6.45, 7) is 0.572. The van der Waals surface area contributed by atoms with Crippen molar-refractivity contribution >= 4 is 30.3 Å². The molecule has 11 nitrogen and oxygen atoms in total. The highest BCUT2D eigenvalue weighted by Gasteiger charge is 2.21. The Kier molecular flexibility index (Phi) is 12.7. The highest BCUT2D eigenvalue weighted by Crippen LogP contribution is 2.09.